The van der Waals surface area contributed by atoms with E-state index in [9.17, 15) is 13.2 Å². The zero-order valence-electron chi connectivity index (χ0n) is 15.2. The molecule has 5 rings (SSSR count). The zero-order chi connectivity index (χ0) is 20.7. The minimum absolute atomic E-state index is 0.0243. The maximum absolute atomic E-state index is 13.3. The van der Waals surface area contributed by atoms with Gasteiger partial charge in [-0.2, -0.15) is 13.2 Å². The van der Waals surface area contributed by atoms with Crippen molar-refractivity contribution in [2.45, 2.75) is 22.4 Å². The van der Waals surface area contributed by atoms with E-state index in [0.717, 1.165) is 22.3 Å². The van der Waals surface area contributed by atoms with Crippen LogP contribution < -0.4 is 0 Å². The van der Waals surface area contributed by atoms with Crippen molar-refractivity contribution >= 4 is 34.4 Å². The van der Waals surface area contributed by atoms with Crippen molar-refractivity contribution in [1.82, 2.24) is 29.7 Å². The van der Waals surface area contributed by atoms with Crippen molar-refractivity contribution in [2.75, 3.05) is 11.5 Å². The molecule has 11 heteroatoms. The summed E-state index contributed by atoms with van der Waals surface area (Å²) in [6.45, 7) is 0. The minimum Gasteiger partial charge on any atom is -0.297 e. The summed E-state index contributed by atoms with van der Waals surface area (Å²) in [5.74, 6) is 0.915. The molecular weight excluding hydrogens is 433 g/mol. The molecule has 0 N–H and O–H groups in total. The molecule has 4 heterocycles. The Labute approximate surface area is 177 Å². The number of hydrogen-bond acceptors (Lipinski definition) is 7. The predicted octanol–water partition coefficient (Wildman–Crippen LogP) is 4.74. The van der Waals surface area contributed by atoms with Crippen LogP contribution in [0.4, 0.5) is 13.2 Å². The molecule has 3 aromatic heterocycles. The Balaban J connectivity index is 1.47. The molecule has 1 aliphatic heterocycles. The summed E-state index contributed by atoms with van der Waals surface area (Å²) in [5.41, 5.74) is 1.18. The summed E-state index contributed by atoms with van der Waals surface area (Å²) in [4.78, 5) is 11.5. The summed E-state index contributed by atoms with van der Waals surface area (Å²) in [6, 6.07) is 10.5. The van der Waals surface area contributed by atoms with Gasteiger partial charge in [0.25, 0.3) is 0 Å². The van der Waals surface area contributed by atoms with E-state index < -0.39 is 12.0 Å². The Morgan fingerprint density at radius 1 is 1.07 bits per heavy atom. The lowest BCUT2D eigenvalue weighted by atomic mass is 10.2. The van der Waals surface area contributed by atoms with Crippen LogP contribution in [0.3, 0.4) is 0 Å². The maximum Gasteiger partial charge on any atom is 0.451 e. The molecule has 0 fully saturated rings. The van der Waals surface area contributed by atoms with Gasteiger partial charge in [-0.15, -0.1) is 22.0 Å². The lowest BCUT2D eigenvalue weighted by Gasteiger charge is -2.15. The number of fused-ring (bicyclic) bond motifs is 2. The molecule has 4 aromatic rings. The molecule has 1 aromatic carbocycles. The Morgan fingerprint density at radius 2 is 1.87 bits per heavy atom. The average molecular weight is 446 g/mol. The van der Waals surface area contributed by atoms with Crippen LogP contribution in [0.1, 0.15) is 11.9 Å². The molecule has 1 unspecified atom stereocenters. The predicted molar refractivity (Wildman–Crippen MR) is 108 cm³/mol. The topological polar surface area (TPSA) is 69.4 Å². The smallest absolute Gasteiger partial charge is 0.297 e. The highest BCUT2D eigenvalue weighted by atomic mass is 32.2. The zero-order valence-corrected chi connectivity index (χ0v) is 16.9. The minimum atomic E-state index is -4.60. The number of thioether (sulfide) groups is 2. The monoisotopic (exact) mass is 446 g/mol. The Bertz CT molecular complexity index is 1210. The summed E-state index contributed by atoms with van der Waals surface area (Å²) in [5, 5.41) is 10.3. The summed E-state index contributed by atoms with van der Waals surface area (Å²) < 4.78 is 41.9. The highest BCUT2D eigenvalue weighted by Crippen LogP contribution is 2.40. The van der Waals surface area contributed by atoms with Gasteiger partial charge in [0.1, 0.15) is 5.03 Å². The van der Waals surface area contributed by atoms with Crippen molar-refractivity contribution in [3.63, 3.8) is 0 Å². The molecule has 0 aliphatic carbocycles. The number of rotatable bonds is 4. The van der Waals surface area contributed by atoms with Gasteiger partial charge in [0, 0.05) is 34.8 Å². The van der Waals surface area contributed by atoms with Crippen LogP contribution in [-0.2, 0) is 6.18 Å². The van der Waals surface area contributed by atoms with Crippen molar-refractivity contribution in [2.24, 2.45) is 0 Å². The number of hydrogen-bond donors (Lipinski definition) is 0. The van der Waals surface area contributed by atoms with E-state index >= 15 is 0 Å². The molecule has 0 radical (unpaired) electrons. The molecule has 0 saturated heterocycles. The Hall–Kier alpha value is -2.66. The molecular formula is C19H13F3N6S2. The highest BCUT2D eigenvalue weighted by molar-refractivity contribution is 8.00. The first-order chi connectivity index (χ1) is 14.5. The second-order valence-electron chi connectivity index (χ2n) is 6.56. The number of pyridine rings is 1. The van der Waals surface area contributed by atoms with Crippen LogP contribution in [0.2, 0.25) is 0 Å². The first kappa shape index (κ1) is 19.3. The lowest BCUT2D eigenvalue weighted by Crippen LogP contribution is -2.13. The molecule has 152 valence electrons. The summed E-state index contributed by atoms with van der Waals surface area (Å²) in [6.07, 6.45) is -1.22. The fourth-order valence-electron chi connectivity index (χ4n) is 3.23. The van der Waals surface area contributed by atoms with Crippen molar-refractivity contribution < 1.29 is 13.2 Å². The van der Waals surface area contributed by atoms with Gasteiger partial charge in [0.2, 0.25) is 5.82 Å². The van der Waals surface area contributed by atoms with Crippen LogP contribution in [0.5, 0.6) is 0 Å². The fourth-order valence-corrected chi connectivity index (χ4v) is 5.56. The SMILES string of the molecule is FC(F)(F)c1nc(SCC2CSc3nnc(-c4ccncc4)n32)c2ccccc2n1. The number of halogens is 3. The van der Waals surface area contributed by atoms with E-state index in [1.165, 1.54) is 11.8 Å². The third-order valence-corrected chi connectivity index (χ3v) is 6.83. The normalized spacial score (nSPS) is 16.2. The van der Waals surface area contributed by atoms with E-state index in [0.29, 0.717) is 16.2 Å². The standard InChI is InChI=1S/C19H13F3N6S2/c20-19(21,22)17-24-14-4-2-1-3-13(14)16(25-17)29-9-12-10-30-18-27-26-15(28(12)18)11-5-7-23-8-6-11/h1-8,12H,9-10H2. The lowest BCUT2D eigenvalue weighted by molar-refractivity contribution is -0.145. The van der Waals surface area contributed by atoms with Gasteiger partial charge >= 0.3 is 6.18 Å². The maximum atomic E-state index is 13.3. The van der Waals surface area contributed by atoms with E-state index in [1.807, 2.05) is 16.7 Å². The fraction of sp³-hybridized carbons (Fsp3) is 0.211. The number of aromatic nitrogens is 6. The number of alkyl halides is 3. The quantitative estimate of drug-likeness (QED) is 0.331. The Morgan fingerprint density at radius 3 is 2.67 bits per heavy atom. The van der Waals surface area contributed by atoms with Gasteiger partial charge in [-0.05, 0) is 18.2 Å². The van der Waals surface area contributed by atoms with Gasteiger partial charge in [-0.3, -0.25) is 9.55 Å². The highest BCUT2D eigenvalue weighted by Gasteiger charge is 2.36. The first-order valence-electron chi connectivity index (χ1n) is 8.95. The van der Waals surface area contributed by atoms with Crippen molar-refractivity contribution in [3.8, 4) is 11.4 Å². The first-order valence-corrected chi connectivity index (χ1v) is 10.9. The second-order valence-corrected chi connectivity index (χ2v) is 8.55. The third kappa shape index (κ3) is 3.52. The largest absolute Gasteiger partial charge is 0.451 e. The van der Waals surface area contributed by atoms with Crippen LogP contribution >= 0.6 is 23.5 Å². The molecule has 6 nitrogen and oxygen atoms in total. The van der Waals surface area contributed by atoms with Crippen LogP contribution in [-0.4, -0.2) is 41.2 Å². The van der Waals surface area contributed by atoms with Gasteiger partial charge in [0.15, 0.2) is 11.0 Å². The molecule has 0 saturated carbocycles. The second kappa shape index (κ2) is 7.55. The number of benzene rings is 1. The van der Waals surface area contributed by atoms with E-state index in [4.69, 9.17) is 0 Å². The van der Waals surface area contributed by atoms with Crippen LogP contribution in [0.15, 0.2) is 59.0 Å². The van der Waals surface area contributed by atoms with Crippen molar-refractivity contribution in [3.05, 3.63) is 54.6 Å². The van der Waals surface area contributed by atoms with E-state index in [1.54, 1.807) is 48.4 Å². The van der Waals surface area contributed by atoms with Crippen molar-refractivity contribution in [1.29, 1.82) is 0 Å². The molecule has 0 spiro atoms. The van der Waals surface area contributed by atoms with E-state index in [2.05, 4.69) is 25.1 Å². The molecule has 1 aliphatic rings. The Kier molecular flexibility index (Phi) is 4.86. The number of para-hydroxylation sites is 1. The van der Waals surface area contributed by atoms with Crippen LogP contribution in [0.25, 0.3) is 22.3 Å². The molecule has 30 heavy (non-hydrogen) atoms. The van der Waals surface area contributed by atoms with Gasteiger partial charge in [-0.25, -0.2) is 9.97 Å². The van der Waals surface area contributed by atoms with E-state index in [-0.39, 0.29) is 11.6 Å². The van der Waals surface area contributed by atoms with Gasteiger partial charge < -0.3 is 0 Å². The molecule has 0 amide bonds. The van der Waals surface area contributed by atoms with Gasteiger partial charge in [0.05, 0.1) is 11.6 Å². The summed E-state index contributed by atoms with van der Waals surface area (Å²) >= 11 is 2.88. The molecule has 1 atom stereocenters. The number of nitrogens with zero attached hydrogens (tertiary/aromatic N) is 6. The van der Waals surface area contributed by atoms with Crippen LogP contribution in [0, 0.1) is 0 Å². The average Bonchev–Trinajstić information content (AvgIpc) is 3.34. The van der Waals surface area contributed by atoms with Gasteiger partial charge in [-0.1, -0.05) is 30.0 Å². The molecule has 0 bridgehead atoms. The third-order valence-electron chi connectivity index (χ3n) is 4.61. The summed E-state index contributed by atoms with van der Waals surface area (Å²) in [7, 11) is 0.